The minimum absolute atomic E-state index is 0.0308. The third-order valence-corrected chi connectivity index (χ3v) is 10.2. The van der Waals surface area contributed by atoms with Crippen LogP contribution in [0.4, 0.5) is 21.9 Å². The molecule has 4 heterocycles. The van der Waals surface area contributed by atoms with E-state index in [0.717, 1.165) is 15.8 Å². The van der Waals surface area contributed by atoms with Crippen LogP contribution in [0.15, 0.2) is 84.0 Å². The highest BCUT2D eigenvalue weighted by Crippen LogP contribution is 2.45. The number of carbonyl (C=O) groups is 5. The number of benzene rings is 4. The zero-order chi connectivity index (χ0) is 37.7. The maximum Gasteiger partial charge on any atom is 0.339 e. The molecule has 272 valence electrons. The van der Waals surface area contributed by atoms with Crippen molar-refractivity contribution < 1.29 is 29.1 Å². The standard InChI is InChI=1S/C39H33ClN8O6/c1-20-12-34(50)47(37(20)52)11-10-41-46-39(54)43-25-7-9-28-21(14-25)15-30(44-28)36(51)42-24-6-8-29-22(13-24)16-31(45-29)38(53)48-19-23(18-40)35-27-5-3-2-4-26(27)33(49)17-32(35)48/h2-10,13-17,20,23,44-45,49H,11-12,18-19H2,1H3,(H,42,51)(H2,43,46,54)/b41-10+. The number of hydrogen-bond donors (Lipinski definition) is 6. The molecule has 0 spiro atoms. The Balaban J connectivity index is 0.923. The van der Waals surface area contributed by atoms with E-state index in [2.05, 4.69) is 31.1 Å². The summed E-state index contributed by atoms with van der Waals surface area (Å²) in [4.78, 5) is 72.5. The fraction of sp³-hybridized carbons (Fsp3) is 0.179. The summed E-state index contributed by atoms with van der Waals surface area (Å²) in [6, 6.07) is 22.3. The van der Waals surface area contributed by atoms with Gasteiger partial charge in [0.15, 0.2) is 0 Å². The number of hydrazone groups is 1. The number of alkyl halides is 1. The van der Waals surface area contributed by atoms with E-state index >= 15 is 0 Å². The smallest absolute Gasteiger partial charge is 0.339 e. The van der Waals surface area contributed by atoms with Crippen molar-refractivity contribution >= 4 is 97.1 Å². The zero-order valence-electron chi connectivity index (χ0n) is 28.8. The third kappa shape index (κ3) is 6.26. The Morgan fingerprint density at radius 1 is 0.907 bits per heavy atom. The monoisotopic (exact) mass is 744 g/mol. The van der Waals surface area contributed by atoms with E-state index in [9.17, 15) is 29.1 Å². The zero-order valence-corrected chi connectivity index (χ0v) is 29.5. The van der Waals surface area contributed by atoms with Gasteiger partial charge in [-0.1, -0.05) is 31.2 Å². The van der Waals surface area contributed by atoms with Crippen LogP contribution >= 0.6 is 11.6 Å². The van der Waals surface area contributed by atoms with Crippen LogP contribution in [-0.2, 0) is 9.59 Å². The number of H-pyrrole nitrogens is 2. The van der Waals surface area contributed by atoms with Gasteiger partial charge >= 0.3 is 6.03 Å². The average molecular weight is 745 g/mol. The molecule has 1 saturated heterocycles. The predicted molar refractivity (Wildman–Crippen MR) is 206 cm³/mol. The van der Waals surface area contributed by atoms with E-state index in [1.807, 2.05) is 24.3 Å². The largest absolute Gasteiger partial charge is 0.507 e. The lowest BCUT2D eigenvalue weighted by Crippen LogP contribution is -2.32. The second-order valence-corrected chi connectivity index (χ2v) is 13.7. The van der Waals surface area contributed by atoms with Crippen LogP contribution in [0.1, 0.15) is 45.8 Å². The van der Waals surface area contributed by atoms with Crippen molar-refractivity contribution in [2.45, 2.75) is 19.3 Å². The number of anilines is 3. The molecule has 14 nitrogen and oxygen atoms in total. The topological polar surface area (TPSA) is 192 Å². The summed E-state index contributed by atoms with van der Waals surface area (Å²) in [6.07, 6.45) is 1.44. The Hall–Kier alpha value is -6.67. The molecule has 6 N–H and O–H groups in total. The number of nitrogens with zero attached hydrogens (tertiary/aromatic N) is 3. The lowest BCUT2D eigenvalue weighted by Gasteiger charge is -2.17. The van der Waals surface area contributed by atoms with Crippen molar-refractivity contribution in [3.63, 3.8) is 0 Å². The van der Waals surface area contributed by atoms with Gasteiger partial charge in [-0.05, 0) is 59.5 Å². The first-order chi connectivity index (χ1) is 26.1. The first-order valence-corrected chi connectivity index (χ1v) is 17.7. The number of aromatic nitrogens is 2. The second-order valence-electron chi connectivity index (χ2n) is 13.4. The summed E-state index contributed by atoms with van der Waals surface area (Å²) in [7, 11) is 0. The molecule has 6 amide bonds. The molecule has 2 atom stereocenters. The Kier molecular flexibility index (Phi) is 8.74. The second kappa shape index (κ2) is 13.7. The molecule has 2 unspecified atom stereocenters. The minimum atomic E-state index is -0.630. The van der Waals surface area contributed by atoms with E-state index in [1.54, 1.807) is 66.4 Å². The van der Waals surface area contributed by atoms with Crippen molar-refractivity contribution in [3.05, 3.63) is 95.8 Å². The summed E-state index contributed by atoms with van der Waals surface area (Å²) in [5.41, 5.74) is 6.86. The van der Waals surface area contributed by atoms with Crippen LogP contribution < -0.4 is 21.0 Å². The Morgan fingerprint density at radius 3 is 2.26 bits per heavy atom. The highest BCUT2D eigenvalue weighted by Gasteiger charge is 2.36. The number of phenolic OH excluding ortho intramolecular Hbond substituents is 1. The van der Waals surface area contributed by atoms with E-state index in [4.69, 9.17) is 11.6 Å². The molecule has 2 aliphatic rings. The molecule has 54 heavy (non-hydrogen) atoms. The number of halogens is 1. The Labute approximate surface area is 312 Å². The van der Waals surface area contributed by atoms with Gasteiger partial charge in [0.1, 0.15) is 17.1 Å². The van der Waals surface area contributed by atoms with Crippen molar-refractivity contribution in [1.29, 1.82) is 0 Å². The number of urea groups is 1. The summed E-state index contributed by atoms with van der Waals surface area (Å²) < 4.78 is 0. The van der Waals surface area contributed by atoms with Gasteiger partial charge in [-0.25, -0.2) is 10.2 Å². The van der Waals surface area contributed by atoms with Crippen LogP contribution in [0.3, 0.4) is 0 Å². The molecule has 6 aromatic rings. The number of likely N-dealkylation sites (tertiary alicyclic amines) is 1. The lowest BCUT2D eigenvalue weighted by atomic mass is 9.95. The molecule has 4 aromatic carbocycles. The van der Waals surface area contributed by atoms with Crippen molar-refractivity contribution in [2.75, 3.05) is 34.5 Å². The van der Waals surface area contributed by atoms with Crippen LogP contribution in [0.25, 0.3) is 32.6 Å². The molecule has 2 aromatic heterocycles. The maximum absolute atomic E-state index is 13.9. The quantitative estimate of drug-likeness (QED) is 0.0462. The van der Waals surface area contributed by atoms with Gasteiger partial charge in [0.05, 0.1) is 12.2 Å². The molecule has 0 aliphatic carbocycles. The summed E-state index contributed by atoms with van der Waals surface area (Å²) in [6.45, 7) is 2.03. The number of carbonyl (C=O) groups excluding carboxylic acids is 5. The van der Waals surface area contributed by atoms with Crippen molar-refractivity contribution in [3.8, 4) is 5.75 Å². The molecule has 0 bridgehead atoms. The number of aromatic amines is 2. The number of aromatic hydroxyl groups is 1. The number of phenols is 1. The van der Waals surface area contributed by atoms with E-state index in [1.165, 1.54) is 6.21 Å². The average Bonchev–Trinajstić information content (AvgIpc) is 3.93. The van der Waals surface area contributed by atoms with Gasteiger partial charge in [-0.15, -0.1) is 11.6 Å². The maximum atomic E-state index is 13.9. The van der Waals surface area contributed by atoms with Gasteiger partial charge in [-0.3, -0.25) is 24.1 Å². The van der Waals surface area contributed by atoms with Crippen molar-refractivity contribution in [2.24, 2.45) is 11.0 Å². The number of fused-ring (bicyclic) bond motifs is 5. The van der Waals surface area contributed by atoms with E-state index in [0.29, 0.717) is 68.1 Å². The molecule has 15 heteroatoms. The summed E-state index contributed by atoms with van der Waals surface area (Å²) >= 11 is 6.37. The molecular formula is C39H33ClN8O6. The molecule has 1 fully saturated rings. The summed E-state index contributed by atoms with van der Waals surface area (Å²) in [5.74, 6) is -1.24. The van der Waals surface area contributed by atoms with Gasteiger partial charge < -0.3 is 30.6 Å². The third-order valence-electron chi connectivity index (χ3n) is 9.80. The lowest BCUT2D eigenvalue weighted by molar-refractivity contribution is -0.138. The number of nitrogens with one attached hydrogen (secondary N) is 5. The highest BCUT2D eigenvalue weighted by molar-refractivity contribution is 6.19. The predicted octanol–water partition coefficient (Wildman–Crippen LogP) is 6.25. The van der Waals surface area contributed by atoms with Crippen molar-refractivity contribution in [1.82, 2.24) is 20.3 Å². The van der Waals surface area contributed by atoms with Gasteiger partial charge in [-0.2, -0.15) is 5.10 Å². The molecule has 0 radical (unpaired) electrons. The molecule has 8 rings (SSSR count). The fourth-order valence-electron chi connectivity index (χ4n) is 7.17. The van der Waals surface area contributed by atoms with Gasteiger partial charge in [0.2, 0.25) is 11.8 Å². The molecule has 0 saturated carbocycles. The molecule has 2 aliphatic heterocycles. The van der Waals surface area contributed by atoms with Crippen LogP contribution in [0.5, 0.6) is 5.75 Å². The van der Waals surface area contributed by atoms with E-state index in [-0.39, 0.29) is 48.3 Å². The van der Waals surface area contributed by atoms with E-state index < -0.39 is 11.9 Å². The number of imide groups is 1. The first kappa shape index (κ1) is 34.4. The SMILES string of the molecule is CC1CC(=O)N(C/C=N/NC(=O)Nc2ccc3[nH]c(C(=O)Nc4ccc5[nH]c(C(=O)N6CC(CCl)c7c6cc(O)c6ccccc76)cc5c4)cc3c2)C1=O. The number of amides is 6. The van der Waals surface area contributed by atoms with Crippen LogP contribution in [0.2, 0.25) is 0 Å². The number of hydrogen-bond acceptors (Lipinski definition) is 7. The Morgan fingerprint density at radius 2 is 1.57 bits per heavy atom. The van der Waals surface area contributed by atoms with Crippen LogP contribution in [-0.4, -0.2) is 74.8 Å². The summed E-state index contributed by atoms with van der Waals surface area (Å²) in [5, 5.41) is 23.1. The van der Waals surface area contributed by atoms with Crippen LogP contribution in [0, 0.1) is 5.92 Å². The fourth-order valence-corrected chi connectivity index (χ4v) is 7.42. The van der Waals surface area contributed by atoms with Gasteiger partial charge in [0.25, 0.3) is 11.8 Å². The van der Waals surface area contributed by atoms with Gasteiger partial charge in [0, 0.05) is 81.5 Å². The Bertz CT molecular complexity index is 2580. The normalized spacial score (nSPS) is 16.9. The number of rotatable bonds is 8. The minimum Gasteiger partial charge on any atom is -0.507 e. The first-order valence-electron chi connectivity index (χ1n) is 17.2. The molecular weight excluding hydrogens is 712 g/mol. The highest BCUT2D eigenvalue weighted by atomic mass is 35.5.